The van der Waals surface area contributed by atoms with Gasteiger partial charge in [0, 0.05) is 0 Å². The molecule has 1 unspecified atom stereocenters. The van der Waals surface area contributed by atoms with Crippen molar-refractivity contribution >= 4 is 34.9 Å². The monoisotopic (exact) mass is 164 g/mol. The first-order valence-electron chi connectivity index (χ1n) is 1.19. The number of rotatable bonds is 1. The molecule has 0 spiro atoms. The van der Waals surface area contributed by atoms with Crippen LogP contribution in [0.25, 0.3) is 0 Å². The SMILES string of the molecule is O=C(O)C(O)Cl.[AlH3].[H-].[Na+]. The van der Waals surface area contributed by atoms with E-state index >= 15 is 0 Å². The van der Waals surface area contributed by atoms with E-state index in [1.54, 1.807) is 0 Å². The van der Waals surface area contributed by atoms with Crippen molar-refractivity contribution in [3.8, 4) is 0 Å². The molecule has 0 heterocycles. The first kappa shape index (κ1) is 16.1. The number of aliphatic carboxylic acids is 1. The second-order valence-electron chi connectivity index (χ2n) is 0.674. The predicted molar refractivity (Wildman–Crippen MR) is 30.5 cm³/mol. The van der Waals surface area contributed by atoms with Crippen molar-refractivity contribution in [1.82, 2.24) is 0 Å². The molecule has 0 aromatic rings. The van der Waals surface area contributed by atoms with E-state index in [-0.39, 0.29) is 48.3 Å². The Morgan fingerprint density at radius 3 is 1.88 bits per heavy atom. The van der Waals surface area contributed by atoms with Gasteiger partial charge in [-0.15, -0.1) is 0 Å². The molecule has 0 bridgehead atoms. The van der Waals surface area contributed by atoms with Gasteiger partial charge < -0.3 is 11.6 Å². The molecule has 1 atom stereocenters. The average molecular weight is 165 g/mol. The molecule has 0 aromatic carbocycles. The van der Waals surface area contributed by atoms with Crippen LogP contribution in [0.4, 0.5) is 0 Å². The molecule has 0 rings (SSSR count). The van der Waals surface area contributed by atoms with Crippen LogP contribution in [-0.4, -0.2) is 39.1 Å². The molecule has 0 fully saturated rings. The van der Waals surface area contributed by atoms with Crippen LogP contribution in [0.1, 0.15) is 1.43 Å². The fourth-order valence-corrected chi connectivity index (χ4v) is 0. The molecule has 0 saturated carbocycles. The maximum atomic E-state index is 9.32. The Kier molecular flexibility index (Phi) is 16.6. The number of carboxylic acids is 1. The minimum absolute atomic E-state index is 0. The predicted octanol–water partition coefficient (Wildman–Crippen LogP) is -4.44. The fraction of sp³-hybridized carbons (Fsp3) is 0.500. The van der Waals surface area contributed by atoms with Crippen LogP contribution in [0.2, 0.25) is 0 Å². The van der Waals surface area contributed by atoms with Crippen LogP contribution in [0.15, 0.2) is 0 Å². The van der Waals surface area contributed by atoms with Gasteiger partial charge in [-0.2, -0.15) is 0 Å². The Hall–Kier alpha value is 1.25. The molecule has 0 saturated heterocycles. The fourth-order valence-electron chi connectivity index (χ4n) is 0. The molecule has 6 heteroatoms. The topological polar surface area (TPSA) is 57.5 Å². The molecule has 0 aromatic heterocycles. The van der Waals surface area contributed by atoms with Crippen LogP contribution in [-0.2, 0) is 4.79 Å². The molecule has 44 valence electrons. The summed E-state index contributed by atoms with van der Waals surface area (Å²) in [6.07, 6.45) is 0. The standard InChI is InChI=1S/C2H3ClO3.Al.Na.4H/c3-1(4)2(5)6;;;;;;/h1,4H,(H,5,6);;;;;;/q;;+1;;;;-1. The zero-order chi connectivity index (χ0) is 5.15. The number of carbonyl (C=O) groups is 1. The van der Waals surface area contributed by atoms with Gasteiger partial charge in [-0.1, -0.05) is 11.6 Å². The smallest absolute Gasteiger partial charge is 1.00 e. The molecule has 2 N–H and O–H groups in total. The zero-order valence-corrected chi connectivity index (χ0v) is 6.51. The van der Waals surface area contributed by atoms with Crippen molar-refractivity contribution < 1.29 is 46.0 Å². The summed E-state index contributed by atoms with van der Waals surface area (Å²) in [6.45, 7) is 0. The molecular formula is C2H7AlClNaO3. The number of aliphatic hydroxyl groups excluding tert-OH is 1. The Balaban J connectivity index is -0.0000000417. The Morgan fingerprint density at radius 2 is 1.88 bits per heavy atom. The summed E-state index contributed by atoms with van der Waals surface area (Å²) in [4.78, 5) is 9.32. The number of halogens is 1. The molecule has 0 aliphatic rings. The van der Waals surface area contributed by atoms with Crippen LogP contribution < -0.4 is 29.6 Å². The maximum absolute atomic E-state index is 9.32. The third kappa shape index (κ3) is 10.3. The molecule has 8 heavy (non-hydrogen) atoms. The van der Waals surface area contributed by atoms with Gasteiger partial charge in [-0.25, -0.2) is 4.79 Å². The largest absolute Gasteiger partial charge is 1.00 e. The van der Waals surface area contributed by atoms with Crippen molar-refractivity contribution in [3.63, 3.8) is 0 Å². The molecule has 0 aliphatic heterocycles. The van der Waals surface area contributed by atoms with E-state index in [1.165, 1.54) is 0 Å². The second kappa shape index (κ2) is 8.25. The number of hydrogen-bond donors (Lipinski definition) is 2. The third-order valence-electron chi connectivity index (χ3n) is 0.204. The molecular weight excluding hydrogens is 157 g/mol. The normalized spacial score (nSPS) is 10.2. The maximum Gasteiger partial charge on any atom is 1.00 e. The van der Waals surface area contributed by atoms with E-state index in [9.17, 15) is 4.79 Å². The minimum Gasteiger partial charge on any atom is -1.00 e. The van der Waals surface area contributed by atoms with Gasteiger partial charge in [0.15, 0.2) is 17.4 Å². The van der Waals surface area contributed by atoms with Crippen LogP contribution in [0.5, 0.6) is 0 Å². The summed E-state index contributed by atoms with van der Waals surface area (Å²) in [5.74, 6) is -1.42. The Bertz CT molecular complexity index is 72.8. The molecule has 0 amide bonds. The summed E-state index contributed by atoms with van der Waals surface area (Å²) >= 11 is 4.57. The number of carboxylic acid groups (broad SMARTS) is 1. The van der Waals surface area contributed by atoms with Gasteiger partial charge in [-0.05, 0) is 0 Å². The minimum atomic E-state index is -1.76. The summed E-state index contributed by atoms with van der Waals surface area (Å²) in [5.41, 5.74) is -1.76. The van der Waals surface area contributed by atoms with Gasteiger partial charge in [0.2, 0.25) is 5.56 Å². The van der Waals surface area contributed by atoms with E-state index in [1.807, 2.05) is 0 Å². The van der Waals surface area contributed by atoms with E-state index in [0.29, 0.717) is 0 Å². The number of aliphatic hydroxyl groups is 1. The van der Waals surface area contributed by atoms with Gasteiger partial charge >= 0.3 is 35.5 Å². The van der Waals surface area contributed by atoms with E-state index < -0.39 is 11.5 Å². The molecule has 3 nitrogen and oxygen atoms in total. The van der Waals surface area contributed by atoms with Gasteiger partial charge in [0.25, 0.3) is 0 Å². The Labute approximate surface area is 85.9 Å². The summed E-state index contributed by atoms with van der Waals surface area (Å²) in [5, 5.41) is 15.4. The third-order valence-corrected chi connectivity index (χ3v) is 0.390. The van der Waals surface area contributed by atoms with Crippen molar-refractivity contribution in [2.45, 2.75) is 5.56 Å². The summed E-state index contributed by atoms with van der Waals surface area (Å²) < 4.78 is 0. The van der Waals surface area contributed by atoms with Crippen molar-refractivity contribution in [3.05, 3.63) is 0 Å². The quantitative estimate of drug-likeness (QED) is 0.304. The van der Waals surface area contributed by atoms with E-state index in [4.69, 9.17) is 10.2 Å². The van der Waals surface area contributed by atoms with Crippen molar-refractivity contribution in [2.75, 3.05) is 0 Å². The van der Waals surface area contributed by atoms with Crippen molar-refractivity contribution in [1.29, 1.82) is 0 Å². The van der Waals surface area contributed by atoms with E-state index in [0.717, 1.165) is 0 Å². The average Bonchev–Trinajstić information content (AvgIpc) is 1.36. The van der Waals surface area contributed by atoms with Crippen LogP contribution in [0, 0.1) is 0 Å². The van der Waals surface area contributed by atoms with Gasteiger partial charge in [-0.3, -0.25) is 0 Å². The Morgan fingerprint density at radius 1 is 1.75 bits per heavy atom. The number of hydrogen-bond acceptors (Lipinski definition) is 2. The van der Waals surface area contributed by atoms with Crippen LogP contribution >= 0.6 is 11.6 Å². The van der Waals surface area contributed by atoms with Crippen LogP contribution in [0.3, 0.4) is 0 Å². The number of alkyl halides is 1. The van der Waals surface area contributed by atoms with E-state index in [2.05, 4.69) is 11.6 Å². The second-order valence-corrected chi connectivity index (χ2v) is 1.09. The van der Waals surface area contributed by atoms with Gasteiger partial charge in [0.1, 0.15) is 0 Å². The first-order valence-corrected chi connectivity index (χ1v) is 1.63. The van der Waals surface area contributed by atoms with Crippen molar-refractivity contribution in [2.24, 2.45) is 0 Å². The molecule has 0 aliphatic carbocycles. The summed E-state index contributed by atoms with van der Waals surface area (Å²) in [7, 11) is 0. The zero-order valence-electron chi connectivity index (χ0n) is 4.76. The first-order chi connectivity index (χ1) is 2.64. The van der Waals surface area contributed by atoms with Gasteiger partial charge in [0.05, 0.1) is 0 Å². The molecule has 0 radical (unpaired) electrons. The summed E-state index contributed by atoms with van der Waals surface area (Å²) in [6, 6.07) is 0.